The van der Waals surface area contributed by atoms with Gasteiger partial charge < -0.3 is 9.84 Å². The zero-order valence-electron chi connectivity index (χ0n) is 13.5. The molecule has 1 unspecified atom stereocenters. The summed E-state index contributed by atoms with van der Waals surface area (Å²) in [4.78, 5) is 12.7. The van der Waals surface area contributed by atoms with E-state index in [4.69, 9.17) is 4.52 Å². The van der Waals surface area contributed by atoms with E-state index < -0.39 is 5.54 Å². The smallest absolute Gasteiger partial charge is 0.229 e. The molecular weight excluding hydrogens is 288 g/mol. The van der Waals surface area contributed by atoms with E-state index in [2.05, 4.69) is 10.5 Å². The second-order valence-electron chi connectivity index (χ2n) is 6.27. The van der Waals surface area contributed by atoms with E-state index in [1.807, 2.05) is 75.4 Å². The van der Waals surface area contributed by atoms with E-state index in [9.17, 15) is 4.79 Å². The minimum atomic E-state index is -0.452. The van der Waals surface area contributed by atoms with Gasteiger partial charge in [-0.3, -0.25) is 4.79 Å². The molecule has 0 aliphatic rings. The Morgan fingerprint density at radius 1 is 1.09 bits per heavy atom. The van der Waals surface area contributed by atoms with E-state index in [-0.39, 0.29) is 11.8 Å². The average Bonchev–Trinajstić information content (AvgIpc) is 2.98. The first kappa shape index (κ1) is 15.3. The largest absolute Gasteiger partial charge is 0.356 e. The first-order chi connectivity index (χ1) is 11.0. The zero-order chi connectivity index (χ0) is 16.4. The van der Waals surface area contributed by atoms with Gasteiger partial charge in [0.1, 0.15) is 5.69 Å². The summed E-state index contributed by atoms with van der Waals surface area (Å²) in [5.74, 6) is -0.459. The van der Waals surface area contributed by atoms with Gasteiger partial charge in [-0.05, 0) is 38.5 Å². The summed E-state index contributed by atoms with van der Waals surface area (Å²) < 4.78 is 5.31. The summed E-state index contributed by atoms with van der Waals surface area (Å²) in [6, 6.07) is 17.5. The predicted octanol–water partition coefficient (Wildman–Crippen LogP) is 3.98. The van der Waals surface area contributed by atoms with E-state index >= 15 is 0 Å². The number of fused-ring (bicyclic) bond motifs is 1. The molecule has 1 aromatic heterocycles. The molecule has 4 heteroatoms. The Morgan fingerprint density at radius 3 is 2.48 bits per heavy atom. The van der Waals surface area contributed by atoms with Crippen molar-refractivity contribution in [2.45, 2.75) is 32.2 Å². The molecule has 0 aliphatic heterocycles. The van der Waals surface area contributed by atoms with Gasteiger partial charge in [-0.25, -0.2) is 0 Å². The summed E-state index contributed by atoms with van der Waals surface area (Å²) in [5.41, 5.74) is 1.98. The summed E-state index contributed by atoms with van der Waals surface area (Å²) >= 11 is 0. The number of nitrogens with one attached hydrogen (secondary N) is 1. The highest BCUT2D eigenvalue weighted by molar-refractivity contribution is 5.89. The summed E-state index contributed by atoms with van der Waals surface area (Å²) in [6.45, 7) is 5.84. The van der Waals surface area contributed by atoms with Gasteiger partial charge in [0.25, 0.3) is 0 Å². The van der Waals surface area contributed by atoms with Crippen LogP contribution in [0.5, 0.6) is 0 Å². The molecule has 0 fully saturated rings. The number of nitrogens with zero attached hydrogens (tertiary/aromatic N) is 1. The Morgan fingerprint density at radius 2 is 1.74 bits per heavy atom. The van der Waals surface area contributed by atoms with Crippen molar-refractivity contribution < 1.29 is 9.32 Å². The maximum Gasteiger partial charge on any atom is 0.229 e. The molecule has 23 heavy (non-hydrogen) atoms. The quantitative estimate of drug-likeness (QED) is 0.793. The van der Waals surface area contributed by atoms with Crippen molar-refractivity contribution in [1.82, 2.24) is 10.5 Å². The highest BCUT2D eigenvalue weighted by Gasteiger charge is 2.28. The molecule has 1 atom stereocenters. The van der Waals surface area contributed by atoms with Crippen LogP contribution in [-0.2, 0) is 10.3 Å². The van der Waals surface area contributed by atoms with E-state index in [1.54, 1.807) is 0 Å². The number of carbonyl (C=O) groups excluding carboxylic acids is 1. The van der Waals surface area contributed by atoms with Gasteiger partial charge in [-0.1, -0.05) is 47.6 Å². The molecule has 1 amide bonds. The van der Waals surface area contributed by atoms with Gasteiger partial charge in [0.2, 0.25) is 5.91 Å². The lowest BCUT2D eigenvalue weighted by Gasteiger charge is -2.28. The summed E-state index contributed by atoms with van der Waals surface area (Å²) in [5, 5.41) is 8.07. The molecular formula is C19H20N2O2. The van der Waals surface area contributed by atoms with Crippen LogP contribution in [0.25, 0.3) is 11.0 Å². The Labute approximate surface area is 135 Å². The van der Waals surface area contributed by atoms with Crippen molar-refractivity contribution in [3.8, 4) is 0 Å². The van der Waals surface area contributed by atoms with E-state index in [0.29, 0.717) is 11.3 Å². The number of carbonyl (C=O) groups is 1. The number of amides is 1. The number of aromatic nitrogens is 1. The van der Waals surface area contributed by atoms with Crippen LogP contribution < -0.4 is 5.32 Å². The van der Waals surface area contributed by atoms with Crippen molar-refractivity contribution in [2.75, 3.05) is 0 Å². The molecule has 2 aromatic carbocycles. The van der Waals surface area contributed by atoms with Crippen molar-refractivity contribution in [3.05, 3.63) is 65.9 Å². The predicted molar refractivity (Wildman–Crippen MR) is 90.0 cm³/mol. The molecule has 3 rings (SSSR count). The lowest BCUT2D eigenvalue weighted by molar-refractivity contribution is -0.124. The van der Waals surface area contributed by atoms with Gasteiger partial charge in [-0.15, -0.1) is 0 Å². The van der Waals surface area contributed by atoms with Crippen LogP contribution in [-0.4, -0.2) is 11.1 Å². The number of rotatable bonds is 4. The van der Waals surface area contributed by atoms with Crippen LogP contribution in [0.3, 0.4) is 0 Å². The molecule has 0 radical (unpaired) electrons. The molecule has 1 N–H and O–H groups in total. The second-order valence-corrected chi connectivity index (χ2v) is 6.27. The molecule has 118 valence electrons. The molecule has 3 aromatic rings. The van der Waals surface area contributed by atoms with Crippen LogP contribution in [0.1, 0.15) is 37.9 Å². The topological polar surface area (TPSA) is 55.1 Å². The molecule has 4 nitrogen and oxygen atoms in total. The summed E-state index contributed by atoms with van der Waals surface area (Å²) in [6.07, 6.45) is 0. The van der Waals surface area contributed by atoms with Gasteiger partial charge in [0, 0.05) is 5.39 Å². The minimum Gasteiger partial charge on any atom is -0.356 e. The SMILES string of the molecule is CC(C(=O)NC(C)(C)c1ccccc1)c1noc2ccccc12. The van der Waals surface area contributed by atoms with Crippen molar-refractivity contribution >= 4 is 16.9 Å². The Balaban J connectivity index is 1.83. The van der Waals surface area contributed by atoms with Gasteiger partial charge in [0.05, 0.1) is 11.5 Å². The lowest BCUT2D eigenvalue weighted by Crippen LogP contribution is -2.43. The fourth-order valence-corrected chi connectivity index (χ4v) is 2.69. The zero-order valence-corrected chi connectivity index (χ0v) is 13.5. The minimum absolute atomic E-state index is 0.0714. The fourth-order valence-electron chi connectivity index (χ4n) is 2.69. The van der Waals surface area contributed by atoms with Crippen molar-refractivity contribution in [1.29, 1.82) is 0 Å². The monoisotopic (exact) mass is 308 g/mol. The van der Waals surface area contributed by atoms with Crippen LogP contribution in [0, 0.1) is 0 Å². The molecule has 0 saturated carbocycles. The van der Waals surface area contributed by atoms with Crippen molar-refractivity contribution in [2.24, 2.45) is 0 Å². The third kappa shape index (κ3) is 2.97. The highest BCUT2D eigenvalue weighted by atomic mass is 16.5. The third-order valence-corrected chi connectivity index (χ3v) is 4.14. The van der Waals surface area contributed by atoms with E-state index in [1.165, 1.54) is 0 Å². The number of benzene rings is 2. The molecule has 0 aliphatic carbocycles. The van der Waals surface area contributed by atoms with Crippen LogP contribution in [0.4, 0.5) is 0 Å². The average molecular weight is 308 g/mol. The maximum absolute atomic E-state index is 12.7. The Kier molecular flexibility index (Phi) is 3.90. The standard InChI is InChI=1S/C19H20N2O2/c1-13(17-15-11-7-8-12-16(15)23-21-17)18(22)20-19(2,3)14-9-5-4-6-10-14/h4-13H,1-3H3,(H,20,22). The van der Waals surface area contributed by atoms with Gasteiger partial charge in [-0.2, -0.15) is 0 Å². The highest BCUT2D eigenvalue weighted by Crippen LogP contribution is 2.27. The Bertz CT molecular complexity index is 822. The number of hydrogen-bond donors (Lipinski definition) is 1. The third-order valence-electron chi connectivity index (χ3n) is 4.14. The van der Waals surface area contributed by atoms with Crippen LogP contribution in [0.2, 0.25) is 0 Å². The maximum atomic E-state index is 12.7. The van der Waals surface area contributed by atoms with Gasteiger partial charge in [0.15, 0.2) is 5.58 Å². The summed E-state index contributed by atoms with van der Waals surface area (Å²) in [7, 11) is 0. The van der Waals surface area contributed by atoms with Crippen LogP contribution >= 0.6 is 0 Å². The molecule has 0 saturated heterocycles. The molecule has 0 bridgehead atoms. The molecule has 1 heterocycles. The Hall–Kier alpha value is -2.62. The first-order valence-corrected chi connectivity index (χ1v) is 7.71. The van der Waals surface area contributed by atoms with E-state index in [0.717, 1.165) is 10.9 Å². The van der Waals surface area contributed by atoms with Crippen LogP contribution in [0.15, 0.2) is 59.1 Å². The second kappa shape index (κ2) is 5.88. The van der Waals surface area contributed by atoms with Gasteiger partial charge >= 0.3 is 0 Å². The first-order valence-electron chi connectivity index (χ1n) is 7.71. The lowest BCUT2D eigenvalue weighted by atomic mass is 9.93. The number of hydrogen-bond acceptors (Lipinski definition) is 3. The fraction of sp³-hybridized carbons (Fsp3) is 0.263. The number of para-hydroxylation sites is 1. The molecule has 0 spiro atoms. The van der Waals surface area contributed by atoms with Crippen molar-refractivity contribution in [3.63, 3.8) is 0 Å². The normalized spacial score (nSPS) is 13.0.